The molecule has 0 bridgehead atoms. The van der Waals surface area contributed by atoms with Crippen molar-refractivity contribution < 1.29 is 4.79 Å². The molecule has 104 valence electrons. The first-order chi connectivity index (χ1) is 10.2. The molecule has 0 spiro atoms. The first kappa shape index (κ1) is 14.2. The van der Waals surface area contributed by atoms with Crippen LogP contribution in [-0.2, 0) is 4.79 Å². The van der Waals surface area contributed by atoms with Crippen molar-refractivity contribution in [3.63, 3.8) is 0 Å². The molecule has 1 aromatic carbocycles. The lowest BCUT2D eigenvalue weighted by Gasteiger charge is -2.20. The minimum atomic E-state index is -0.267. The molecule has 1 unspecified atom stereocenters. The summed E-state index contributed by atoms with van der Waals surface area (Å²) < 4.78 is 0. The highest BCUT2D eigenvalue weighted by Gasteiger charge is 2.23. The summed E-state index contributed by atoms with van der Waals surface area (Å²) in [6.07, 6.45) is 0.359. The van der Waals surface area contributed by atoms with Gasteiger partial charge in [0.15, 0.2) is 0 Å². The fraction of sp³-hybridized carbons (Fsp3) is 0.214. The molecule has 2 N–H and O–H groups in total. The van der Waals surface area contributed by atoms with Crippen LogP contribution in [0.5, 0.6) is 0 Å². The van der Waals surface area contributed by atoms with E-state index in [9.17, 15) is 4.79 Å². The van der Waals surface area contributed by atoms with E-state index in [2.05, 4.69) is 21.1 Å². The average Bonchev–Trinajstić information content (AvgIpc) is 2.49. The fourth-order valence-corrected chi connectivity index (χ4v) is 1.97. The second-order valence-electron chi connectivity index (χ2n) is 4.48. The Bertz CT molecular complexity index is 691. The van der Waals surface area contributed by atoms with Crippen molar-refractivity contribution in [1.82, 2.24) is 5.43 Å². The Labute approximate surface area is 121 Å². The molecule has 1 aromatic rings. The number of carbonyl (C=O) groups excluding carboxylic acids is 1. The summed E-state index contributed by atoms with van der Waals surface area (Å²) in [5, 5.41) is 25.2. The average molecular weight is 280 g/mol. The number of benzene rings is 1. The van der Waals surface area contributed by atoms with Crippen LogP contribution in [0.25, 0.3) is 0 Å². The number of rotatable bonds is 3. The third-order valence-electron chi connectivity index (χ3n) is 2.96. The Balaban J connectivity index is 2.34. The van der Waals surface area contributed by atoms with E-state index in [1.54, 1.807) is 24.3 Å². The van der Waals surface area contributed by atoms with Gasteiger partial charge in [0.1, 0.15) is 12.1 Å². The van der Waals surface area contributed by atoms with E-state index < -0.39 is 0 Å². The molecule has 0 fully saturated rings. The second-order valence-corrected chi connectivity index (χ2v) is 4.48. The summed E-state index contributed by atoms with van der Waals surface area (Å²) in [5.74, 6) is -0.150. The lowest BCUT2D eigenvalue weighted by molar-refractivity contribution is -0.121. The summed E-state index contributed by atoms with van der Waals surface area (Å²) in [5.41, 5.74) is 6.99. The van der Waals surface area contributed by atoms with Crippen LogP contribution in [-0.4, -0.2) is 17.3 Å². The molecule has 0 saturated carbocycles. The van der Waals surface area contributed by atoms with Crippen LogP contribution in [0.2, 0.25) is 0 Å². The van der Waals surface area contributed by atoms with Gasteiger partial charge in [0.2, 0.25) is 11.6 Å². The molecule has 1 aliphatic rings. The first-order valence-electron chi connectivity index (χ1n) is 6.25. The van der Waals surface area contributed by atoms with Crippen LogP contribution in [0.3, 0.4) is 0 Å². The number of carbonyl (C=O) groups is 1. The fourth-order valence-electron chi connectivity index (χ4n) is 1.97. The summed E-state index contributed by atoms with van der Waals surface area (Å²) in [6, 6.07) is 10.6. The SMILES string of the molecule is CC1CC(=O)NN=C1c1ccccc1NN=C(C#N)C#N. The Morgan fingerprint density at radius 1 is 1.43 bits per heavy atom. The molecule has 1 aliphatic heterocycles. The second kappa shape index (κ2) is 6.31. The molecular weight excluding hydrogens is 268 g/mol. The highest BCUT2D eigenvalue weighted by atomic mass is 16.2. The van der Waals surface area contributed by atoms with Gasteiger partial charge in [-0.3, -0.25) is 10.2 Å². The number of anilines is 1. The molecule has 2 rings (SSSR count). The minimum Gasteiger partial charge on any atom is -0.276 e. The van der Waals surface area contributed by atoms with Gasteiger partial charge >= 0.3 is 0 Å². The van der Waals surface area contributed by atoms with Gasteiger partial charge in [-0.1, -0.05) is 25.1 Å². The molecule has 7 nitrogen and oxygen atoms in total. The van der Waals surface area contributed by atoms with Gasteiger partial charge in [0.05, 0.1) is 11.4 Å². The van der Waals surface area contributed by atoms with Crippen LogP contribution >= 0.6 is 0 Å². The van der Waals surface area contributed by atoms with Gasteiger partial charge in [-0.15, -0.1) is 0 Å². The Morgan fingerprint density at radius 3 is 2.81 bits per heavy atom. The summed E-state index contributed by atoms with van der Waals surface area (Å²) in [6.45, 7) is 1.91. The highest BCUT2D eigenvalue weighted by molar-refractivity contribution is 6.11. The van der Waals surface area contributed by atoms with Crippen molar-refractivity contribution >= 4 is 23.0 Å². The molecule has 0 saturated heterocycles. The normalized spacial score (nSPS) is 16.8. The quantitative estimate of drug-likeness (QED) is 0.642. The first-order valence-corrected chi connectivity index (χ1v) is 6.25. The smallest absolute Gasteiger partial charge is 0.240 e. The zero-order chi connectivity index (χ0) is 15.2. The number of nitrogens with zero attached hydrogens (tertiary/aromatic N) is 4. The van der Waals surface area contributed by atoms with Gasteiger partial charge in [-0.05, 0) is 6.07 Å². The van der Waals surface area contributed by atoms with Gasteiger partial charge in [-0.25, -0.2) is 5.43 Å². The molecule has 0 aromatic heterocycles. The molecule has 1 amide bonds. The Kier molecular flexibility index (Phi) is 4.27. The molecule has 7 heteroatoms. The summed E-state index contributed by atoms with van der Waals surface area (Å²) in [4.78, 5) is 11.3. The lowest BCUT2D eigenvalue weighted by atomic mass is 9.93. The molecule has 0 radical (unpaired) electrons. The number of nitrogens with one attached hydrogen (secondary N) is 2. The van der Waals surface area contributed by atoms with Crippen molar-refractivity contribution in [2.45, 2.75) is 13.3 Å². The molecule has 0 aliphatic carbocycles. The number of hydrogen-bond acceptors (Lipinski definition) is 6. The van der Waals surface area contributed by atoms with Crippen molar-refractivity contribution in [1.29, 1.82) is 10.5 Å². The van der Waals surface area contributed by atoms with E-state index in [1.807, 2.05) is 19.1 Å². The number of nitriles is 2. The third-order valence-corrected chi connectivity index (χ3v) is 2.96. The largest absolute Gasteiger partial charge is 0.276 e. The van der Waals surface area contributed by atoms with E-state index in [-0.39, 0.29) is 17.5 Å². The molecular formula is C14H12N6O. The van der Waals surface area contributed by atoms with E-state index in [4.69, 9.17) is 10.5 Å². The summed E-state index contributed by atoms with van der Waals surface area (Å²) >= 11 is 0. The van der Waals surface area contributed by atoms with Crippen molar-refractivity contribution in [2.75, 3.05) is 5.43 Å². The standard InChI is InChI=1S/C14H12N6O/c1-9-6-13(21)19-20-14(9)11-4-2-3-5-12(11)18-17-10(7-15)8-16/h2-5,9,18H,6H2,1H3,(H,19,21). The molecule has 21 heavy (non-hydrogen) atoms. The third kappa shape index (κ3) is 3.23. The zero-order valence-corrected chi connectivity index (χ0v) is 11.3. The Morgan fingerprint density at radius 2 is 2.14 bits per heavy atom. The zero-order valence-electron chi connectivity index (χ0n) is 11.3. The van der Waals surface area contributed by atoms with Crippen LogP contribution in [0.4, 0.5) is 5.69 Å². The molecule has 1 atom stereocenters. The molecule has 1 heterocycles. The van der Waals surface area contributed by atoms with Crippen molar-refractivity contribution in [3.05, 3.63) is 29.8 Å². The number of hydrogen-bond donors (Lipinski definition) is 2. The van der Waals surface area contributed by atoms with Crippen LogP contribution in [0.1, 0.15) is 18.9 Å². The van der Waals surface area contributed by atoms with Gasteiger partial charge in [-0.2, -0.15) is 20.7 Å². The predicted molar refractivity (Wildman–Crippen MR) is 77.2 cm³/mol. The monoisotopic (exact) mass is 280 g/mol. The van der Waals surface area contributed by atoms with Crippen molar-refractivity contribution in [3.8, 4) is 12.1 Å². The van der Waals surface area contributed by atoms with Gasteiger partial charge in [0, 0.05) is 17.9 Å². The maximum absolute atomic E-state index is 11.3. The highest BCUT2D eigenvalue weighted by Crippen LogP contribution is 2.23. The van der Waals surface area contributed by atoms with Crippen LogP contribution < -0.4 is 10.9 Å². The lowest BCUT2D eigenvalue weighted by Crippen LogP contribution is -2.32. The number of hydrazone groups is 2. The van der Waals surface area contributed by atoms with Gasteiger partial charge < -0.3 is 0 Å². The summed E-state index contributed by atoms with van der Waals surface area (Å²) in [7, 11) is 0. The number of amides is 1. The van der Waals surface area contributed by atoms with Crippen LogP contribution in [0, 0.1) is 28.6 Å². The van der Waals surface area contributed by atoms with E-state index in [0.29, 0.717) is 12.1 Å². The van der Waals surface area contributed by atoms with Crippen molar-refractivity contribution in [2.24, 2.45) is 16.1 Å². The maximum Gasteiger partial charge on any atom is 0.240 e. The minimum absolute atomic E-state index is 0.0305. The van der Waals surface area contributed by atoms with E-state index >= 15 is 0 Å². The topological polar surface area (TPSA) is 113 Å². The maximum atomic E-state index is 11.3. The predicted octanol–water partition coefficient (Wildman–Crippen LogP) is 1.36. The van der Waals surface area contributed by atoms with Gasteiger partial charge in [0.25, 0.3) is 0 Å². The Hall–Kier alpha value is -3.19. The number of para-hydroxylation sites is 1. The van der Waals surface area contributed by atoms with E-state index in [1.165, 1.54) is 0 Å². The van der Waals surface area contributed by atoms with Crippen LogP contribution in [0.15, 0.2) is 34.5 Å². The van der Waals surface area contributed by atoms with E-state index in [0.717, 1.165) is 11.3 Å².